The van der Waals surface area contributed by atoms with Crippen molar-refractivity contribution in [3.8, 4) is 11.1 Å². The Kier molecular flexibility index (Phi) is 9.22. The lowest BCUT2D eigenvalue weighted by Gasteiger charge is -2.33. The second-order valence-corrected chi connectivity index (χ2v) is 10.0. The first-order valence-corrected chi connectivity index (χ1v) is 13.6. The highest BCUT2D eigenvalue weighted by Gasteiger charge is 2.41. The van der Waals surface area contributed by atoms with Gasteiger partial charge in [0, 0.05) is 5.92 Å². The average Bonchev–Trinajstić information content (AvgIpc) is 3.30. The van der Waals surface area contributed by atoms with Gasteiger partial charge in [-0.05, 0) is 47.6 Å². The second kappa shape index (κ2) is 12.8. The van der Waals surface area contributed by atoms with Gasteiger partial charge in [-0.15, -0.1) is 0 Å². The molecule has 0 spiro atoms. The van der Waals surface area contributed by atoms with Gasteiger partial charge >= 0.3 is 12.1 Å². The summed E-state index contributed by atoms with van der Waals surface area (Å²) in [6.07, 6.45) is -1.07. The number of benzene rings is 3. The van der Waals surface area contributed by atoms with Crippen LogP contribution in [-0.4, -0.2) is 47.4 Å². The van der Waals surface area contributed by atoms with Crippen LogP contribution in [0.5, 0.6) is 0 Å². The molecule has 8 heteroatoms. The van der Waals surface area contributed by atoms with E-state index in [1.807, 2.05) is 66.7 Å². The fourth-order valence-corrected chi connectivity index (χ4v) is 5.19. The van der Waals surface area contributed by atoms with Gasteiger partial charge in [0.15, 0.2) is 6.04 Å². The Morgan fingerprint density at radius 2 is 1.43 bits per heavy atom. The summed E-state index contributed by atoms with van der Waals surface area (Å²) in [6, 6.07) is 24.1. The van der Waals surface area contributed by atoms with Crippen LogP contribution in [0.2, 0.25) is 0 Å². The highest BCUT2D eigenvalue weighted by Crippen LogP contribution is 2.44. The lowest BCUT2D eigenvalue weighted by Crippen LogP contribution is -2.62. The van der Waals surface area contributed by atoms with E-state index in [4.69, 9.17) is 9.47 Å². The molecule has 3 aromatic carbocycles. The molecule has 0 heterocycles. The van der Waals surface area contributed by atoms with E-state index in [0.29, 0.717) is 0 Å². The van der Waals surface area contributed by atoms with Crippen molar-refractivity contribution in [2.24, 2.45) is 0 Å². The topological polar surface area (TPSA) is 114 Å². The van der Waals surface area contributed by atoms with Crippen molar-refractivity contribution in [2.75, 3.05) is 6.61 Å². The molecule has 1 aliphatic carbocycles. The van der Waals surface area contributed by atoms with Crippen molar-refractivity contribution in [1.29, 1.82) is 0 Å². The zero-order valence-corrected chi connectivity index (χ0v) is 23.1. The van der Waals surface area contributed by atoms with E-state index in [2.05, 4.69) is 22.8 Å². The van der Waals surface area contributed by atoms with E-state index in [1.54, 1.807) is 20.8 Å². The fourth-order valence-electron chi connectivity index (χ4n) is 5.19. The van der Waals surface area contributed by atoms with E-state index in [-0.39, 0.29) is 32.0 Å². The lowest BCUT2D eigenvalue weighted by molar-refractivity contribution is -0.147. The van der Waals surface area contributed by atoms with Gasteiger partial charge in [-0.3, -0.25) is 4.79 Å². The van der Waals surface area contributed by atoms with E-state index in [1.165, 1.54) is 0 Å². The Morgan fingerprint density at radius 3 is 1.98 bits per heavy atom. The minimum Gasteiger partial charge on any atom is -0.480 e. The molecular weight excluding hydrogens is 508 g/mol. The summed E-state index contributed by atoms with van der Waals surface area (Å²) in [7, 11) is 0. The number of fused-ring (bicyclic) bond motifs is 3. The van der Waals surface area contributed by atoms with Gasteiger partial charge in [0.25, 0.3) is 0 Å². The van der Waals surface area contributed by atoms with Crippen molar-refractivity contribution >= 4 is 18.0 Å². The number of hydrogen-bond donors (Lipinski definition) is 3. The first kappa shape index (κ1) is 28.8. The van der Waals surface area contributed by atoms with Gasteiger partial charge in [-0.2, -0.15) is 0 Å². The zero-order chi connectivity index (χ0) is 28.7. The summed E-state index contributed by atoms with van der Waals surface area (Å²) in [4.78, 5) is 38.5. The van der Waals surface area contributed by atoms with Crippen molar-refractivity contribution in [1.82, 2.24) is 10.6 Å². The summed E-state index contributed by atoms with van der Waals surface area (Å²) in [5, 5.41) is 15.2. The normalized spacial score (nSPS) is 14.0. The molecule has 2 unspecified atom stereocenters. The van der Waals surface area contributed by atoms with Gasteiger partial charge in [0.05, 0.1) is 12.7 Å². The van der Waals surface area contributed by atoms with E-state index in [9.17, 15) is 19.5 Å². The number of carboxylic acid groups (broad SMARTS) is 1. The smallest absolute Gasteiger partial charge is 0.408 e. The Hall–Kier alpha value is -4.17. The molecule has 40 heavy (non-hydrogen) atoms. The first-order chi connectivity index (χ1) is 19.3. The van der Waals surface area contributed by atoms with E-state index < -0.39 is 35.7 Å². The van der Waals surface area contributed by atoms with Crippen LogP contribution < -0.4 is 10.6 Å². The predicted octanol–water partition coefficient (Wildman–Crippen LogP) is 5.26. The quantitative estimate of drug-likeness (QED) is 0.287. The van der Waals surface area contributed by atoms with Crippen LogP contribution in [0.15, 0.2) is 78.9 Å². The Bertz CT molecular complexity index is 1290. The fraction of sp³-hybridized carbons (Fsp3) is 0.344. The van der Waals surface area contributed by atoms with Crippen molar-refractivity contribution in [3.05, 3.63) is 95.6 Å². The van der Waals surface area contributed by atoms with Gasteiger partial charge < -0.3 is 25.2 Å². The molecule has 0 bridgehead atoms. The molecular formula is C32H36N2O6. The maximum Gasteiger partial charge on any atom is 0.408 e. The number of hydrogen-bond acceptors (Lipinski definition) is 5. The number of aliphatic carboxylic acids is 1. The molecule has 0 aromatic heterocycles. The van der Waals surface area contributed by atoms with Crippen LogP contribution in [0.4, 0.5) is 4.79 Å². The lowest BCUT2D eigenvalue weighted by atomic mass is 9.91. The Morgan fingerprint density at radius 1 is 0.875 bits per heavy atom. The third kappa shape index (κ3) is 6.18. The van der Waals surface area contributed by atoms with Crippen LogP contribution in [0.1, 0.15) is 56.2 Å². The molecule has 4 rings (SSSR count). The van der Waals surface area contributed by atoms with Crippen molar-refractivity contribution in [2.45, 2.75) is 63.8 Å². The van der Waals surface area contributed by atoms with Crippen LogP contribution in [0.3, 0.4) is 0 Å². The summed E-state index contributed by atoms with van der Waals surface area (Å²) in [5.74, 6) is -1.95. The number of carbonyl (C=O) groups excluding carboxylic acids is 2. The number of alkyl carbamates (subject to hydrolysis) is 1. The number of amides is 2. The van der Waals surface area contributed by atoms with Crippen LogP contribution in [0.25, 0.3) is 11.1 Å². The molecule has 0 saturated carbocycles. The van der Waals surface area contributed by atoms with Gasteiger partial charge in [-0.25, -0.2) is 9.59 Å². The second-order valence-electron chi connectivity index (χ2n) is 10.0. The summed E-state index contributed by atoms with van der Waals surface area (Å²) < 4.78 is 11.4. The zero-order valence-electron chi connectivity index (χ0n) is 23.1. The molecule has 0 radical (unpaired) electrons. The van der Waals surface area contributed by atoms with Crippen LogP contribution >= 0.6 is 0 Å². The van der Waals surface area contributed by atoms with Crippen LogP contribution in [0, 0.1) is 0 Å². The predicted molar refractivity (Wildman–Crippen MR) is 152 cm³/mol. The molecule has 210 valence electrons. The Balaban J connectivity index is 1.41. The largest absolute Gasteiger partial charge is 0.480 e. The molecule has 3 N–H and O–H groups in total. The number of carbonyl (C=O) groups is 3. The van der Waals surface area contributed by atoms with E-state index >= 15 is 0 Å². The van der Waals surface area contributed by atoms with Gasteiger partial charge in [0.2, 0.25) is 5.91 Å². The highest BCUT2D eigenvalue weighted by atomic mass is 16.5. The number of rotatable bonds is 12. The molecule has 8 nitrogen and oxygen atoms in total. The minimum absolute atomic E-state index is 0.104. The van der Waals surface area contributed by atoms with Crippen molar-refractivity contribution < 1.29 is 29.0 Å². The van der Waals surface area contributed by atoms with E-state index in [0.717, 1.165) is 27.8 Å². The SMILES string of the molecule is CCC(CC)(NC(=O)OCC1c2ccccc2-c2ccccc21)C(=O)NC(C(=O)O)C(C)OCc1ccccc1. The van der Waals surface area contributed by atoms with Crippen LogP contribution in [-0.2, 0) is 25.7 Å². The monoisotopic (exact) mass is 544 g/mol. The number of nitrogens with one attached hydrogen (secondary N) is 2. The molecule has 3 aromatic rings. The third-order valence-corrected chi connectivity index (χ3v) is 7.70. The molecule has 0 fully saturated rings. The summed E-state index contributed by atoms with van der Waals surface area (Å²) in [5.41, 5.74) is 3.94. The first-order valence-electron chi connectivity index (χ1n) is 13.6. The molecule has 0 aliphatic heterocycles. The third-order valence-electron chi connectivity index (χ3n) is 7.70. The molecule has 1 aliphatic rings. The molecule has 0 saturated heterocycles. The number of ether oxygens (including phenoxy) is 2. The molecule has 2 amide bonds. The average molecular weight is 545 g/mol. The highest BCUT2D eigenvalue weighted by molar-refractivity contribution is 5.93. The summed E-state index contributed by atoms with van der Waals surface area (Å²) in [6.45, 7) is 5.43. The Labute approximate surface area is 234 Å². The standard InChI is InChI=1S/C32H36N2O6/c1-4-32(5-2,30(37)33-28(29(35)36)21(3)39-19-22-13-7-6-8-14-22)34-31(38)40-20-27-25-17-11-9-15-23(25)24-16-10-12-18-26(24)27/h6-18,21,27-28H,4-5,19-20H2,1-3H3,(H,33,37)(H,34,38)(H,35,36). The molecule has 2 atom stereocenters. The number of carboxylic acids is 1. The van der Waals surface area contributed by atoms with Gasteiger partial charge in [0.1, 0.15) is 12.1 Å². The van der Waals surface area contributed by atoms with Crippen molar-refractivity contribution in [3.63, 3.8) is 0 Å². The summed E-state index contributed by atoms with van der Waals surface area (Å²) >= 11 is 0. The van der Waals surface area contributed by atoms with Gasteiger partial charge in [-0.1, -0.05) is 92.7 Å². The maximum absolute atomic E-state index is 13.4. The minimum atomic E-state index is -1.35. The maximum atomic E-state index is 13.4.